The fourth-order valence-electron chi connectivity index (χ4n) is 5.22. The standard InChI is InChI=1S/C28H41BN4O6/c1-20-17-33(18-21(2)38-20)28(3,4)15-23(16-30)26(34)32-13-9-8-12-24(19-32)39-27(35)31-25(29(36)37)14-22-10-6-5-7-11-22/h5-7,10-11,15,20-21,24-25,36-37H,8-9,12-14,17-19H2,1-4H3,(H,31,35)/t20-,21-,24?,25+/m1/s1. The number of carbonyl (C=O) groups is 2. The smallest absolute Gasteiger partial charge is 0.444 e. The van der Waals surface area contributed by atoms with Crippen LogP contribution in [0.25, 0.3) is 0 Å². The molecule has 1 aromatic rings. The lowest BCUT2D eigenvalue weighted by Gasteiger charge is -2.43. The number of hydrogen-bond acceptors (Lipinski definition) is 8. The van der Waals surface area contributed by atoms with E-state index in [1.54, 1.807) is 11.0 Å². The first-order valence-electron chi connectivity index (χ1n) is 13.7. The van der Waals surface area contributed by atoms with Crippen molar-refractivity contribution in [2.75, 3.05) is 26.2 Å². The lowest BCUT2D eigenvalue weighted by atomic mass is 9.76. The van der Waals surface area contributed by atoms with E-state index in [1.165, 1.54) is 0 Å². The molecule has 0 bridgehead atoms. The van der Waals surface area contributed by atoms with Crippen molar-refractivity contribution in [2.45, 2.75) is 83.2 Å². The first-order valence-corrected chi connectivity index (χ1v) is 13.7. The van der Waals surface area contributed by atoms with Gasteiger partial charge in [-0.1, -0.05) is 30.3 Å². The molecule has 11 heteroatoms. The highest BCUT2D eigenvalue weighted by Gasteiger charge is 2.34. The number of morpholine rings is 1. The van der Waals surface area contributed by atoms with Crippen molar-refractivity contribution in [1.29, 1.82) is 5.26 Å². The van der Waals surface area contributed by atoms with Gasteiger partial charge in [-0.25, -0.2) is 4.79 Å². The Kier molecular flexibility index (Phi) is 11.0. The maximum absolute atomic E-state index is 13.4. The molecule has 39 heavy (non-hydrogen) atoms. The molecule has 2 aliphatic heterocycles. The highest BCUT2D eigenvalue weighted by atomic mass is 16.6. The average Bonchev–Trinajstić information content (AvgIpc) is 3.12. The molecule has 0 aliphatic carbocycles. The molecule has 3 N–H and O–H groups in total. The molecule has 1 unspecified atom stereocenters. The van der Waals surface area contributed by atoms with Crippen LogP contribution in [-0.2, 0) is 20.7 Å². The van der Waals surface area contributed by atoms with Crippen molar-refractivity contribution in [3.63, 3.8) is 0 Å². The van der Waals surface area contributed by atoms with Crippen LogP contribution >= 0.6 is 0 Å². The zero-order chi connectivity index (χ0) is 28.6. The second-order valence-electron chi connectivity index (χ2n) is 11.1. The third kappa shape index (κ3) is 9.07. The lowest BCUT2D eigenvalue weighted by molar-refractivity contribution is -0.128. The summed E-state index contributed by atoms with van der Waals surface area (Å²) in [5.41, 5.74) is 0.359. The summed E-state index contributed by atoms with van der Waals surface area (Å²) < 4.78 is 11.4. The summed E-state index contributed by atoms with van der Waals surface area (Å²) in [5.74, 6) is -1.34. The molecule has 10 nitrogen and oxygen atoms in total. The Morgan fingerprint density at radius 3 is 2.49 bits per heavy atom. The van der Waals surface area contributed by atoms with E-state index >= 15 is 0 Å². The van der Waals surface area contributed by atoms with Gasteiger partial charge >= 0.3 is 13.2 Å². The first kappa shape index (κ1) is 30.6. The van der Waals surface area contributed by atoms with E-state index in [9.17, 15) is 24.9 Å². The third-order valence-corrected chi connectivity index (χ3v) is 7.23. The van der Waals surface area contributed by atoms with Gasteiger partial charge in [0.25, 0.3) is 5.91 Å². The van der Waals surface area contributed by atoms with Gasteiger partial charge < -0.3 is 29.7 Å². The Morgan fingerprint density at radius 2 is 1.87 bits per heavy atom. The Morgan fingerprint density at radius 1 is 1.21 bits per heavy atom. The molecular formula is C28H41BN4O6. The number of alkyl carbamates (subject to hydrolysis) is 1. The number of nitriles is 1. The Labute approximate surface area is 231 Å². The first-order chi connectivity index (χ1) is 18.5. The molecule has 0 saturated carbocycles. The molecule has 0 aromatic heterocycles. The van der Waals surface area contributed by atoms with Gasteiger partial charge in [0, 0.05) is 25.2 Å². The number of ether oxygens (including phenoxy) is 2. The summed E-state index contributed by atoms with van der Waals surface area (Å²) in [5, 5.41) is 32.0. The molecule has 3 rings (SSSR count). The number of likely N-dealkylation sites (tertiary alicyclic amines) is 1. The van der Waals surface area contributed by atoms with Crippen LogP contribution in [0.1, 0.15) is 52.5 Å². The van der Waals surface area contributed by atoms with E-state index in [0.717, 1.165) is 18.4 Å². The number of nitrogens with zero attached hydrogens (tertiary/aromatic N) is 3. The van der Waals surface area contributed by atoms with Gasteiger partial charge in [0.05, 0.1) is 24.7 Å². The SMILES string of the molecule is C[C@@H]1CN(C(C)(C)C=C(C#N)C(=O)N2CCCCC(OC(=O)N[C@@H](Cc3ccccc3)B(O)O)C2)C[C@@H](C)O1. The normalized spacial score (nSPS) is 23.8. The van der Waals surface area contributed by atoms with Crippen molar-refractivity contribution in [3.05, 3.63) is 47.5 Å². The van der Waals surface area contributed by atoms with E-state index in [1.807, 2.05) is 58.0 Å². The van der Waals surface area contributed by atoms with Gasteiger partial charge in [-0.15, -0.1) is 0 Å². The molecule has 4 atom stereocenters. The number of carbonyl (C=O) groups excluding carboxylic acids is 2. The summed E-state index contributed by atoms with van der Waals surface area (Å²) in [4.78, 5) is 29.9. The molecular weight excluding hydrogens is 499 g/mol. The van der Waals surface area contributed by atoms with Crippen molar-refractivity contribution in [2.24, 2.45) is 0 Å². The largest absolute Gasteiger partial charge is 0.475 e. The minimum absolute atomic E-state index is 0.0524. The van der Waals surface area contributed by atoms with Crippen LogP contribution in [0.15, 0.2) is 42.0 Å². The van der Waals surface area contributed by atoms with E-state index in [2.05, 4.69) is 16.3 Å². The second-order valence-corrected chi connectivity index (χ2v) is 11.1. The molecule has 2 amide bonds. The van der Waals surface area contributed by atoms with E-state index in [4.69, 9.17) is 9.47 Å². The zero-order valence-electron chi connectivity index (χ0n) is 23.4. The highest BCUT2D eigenvalue weighted by molar-refractivity contribution is 6.43. The van der Waals surface area contributed by atoms with Crippen molar-refractivity contribution in [1.82, 2.24) is 15.1 Å². The number of rotatable bonds is 8. The van der Waals surface area contributed by atoms with Gasteiger partial charge in [0.2, 0.25) is 0 Å². The molecule has 2 aliphatic rings. The van der Waals surface area contributed by atoms with Crippen LogP contribution in [0.5, 0.6) is 0 Å². The predicted octanol–water partition coefficient (Wildman–Crippen LogP) is 2.05. The Bertz CT molecular complexity index is 1030. The molecule has 0 radical (unpaired) electrons. The maximum atomic E-state index is 13.4. The zero-order valence-corrected chi connectivity index (χ0v) is 23.4. The van der Waals surface area contributed by atoms with Gasteiger partial charge in [-0.2, -0.15) is 5.26 Å². The summed E-state index contributed by atoms with van der Waals surface area (Å²) in [6, 6.07) is 11.3. The number of hydrogen-bond donors (Lipinski definition) is 3. The number of amides is 2. The minimum atomic E-state index is -1.77. The quantitative estimate of drug-likeness (QED) is 0.259. The van der Waals surface area contributed by atoms with Crippen molar-refractivity contribution < 1.29 is 29.1 Å². The van der Waals surface area contributed by atoms with Gasteiger partial charge in [-0.05, 0) is 65.0 Å². The highest BCUT2D eigenvalue weighted by Crippen LogP contribution is 2.25. The minimum Gasteiger partial charge on any atom is -0.444 e. The molecule has 2 saturated heterocycles. The van der Waals surface area contributed by atoms with E-state index in [-0.39, 0.29) is 36.7 Å². The van der Waals surface area contributed by atoms with Crippen LogP contribution in [0.2, 0.25) is 0 Å². The molecule has 212 valence electrons. The van der Waals surface area contributed by atoms with Gasteiger partial charge in [-0.3, -0.25) is 9.69 Å². The molecule has 2 heterocycles. The number of nitrogens with one attached hydrogen (secondary N) is 1. The summed E-state index contributed by atoms with van der Waals surface area (Å²) >= 11 is 0. The van der Waals surface area contributed by atoms with Gasteiger partial charge in [0.15, 0.2) is 0 Å². The van der Waals surface area contributed by atoms with E-state index < -0.39 is 30.8 Å². The second kappa shape index (κ2) is 13.9. The van der Waals surface area contributed by atoms with Crippen LogP contribution in [-0.4, -0.2) is 94.9 Å². The summed E-state index contributed by atoms with van der Waals surface area (Å²) in [7, 11) is -1.77. The fraction of sp³-hybridized carbons (Fsp3) is 0.607. The van der Waals surface area contributed by atoms with Gasteiger partial charge in [0.1, 0.15) is 17.7 Å². The van der Waals surface area contributed by atoms with Crippen LogP contribution in [0.4, 0.5) is 4.79 Å². The Balaban J connectivity index is 1.64. The number of benzene rings is 1. The average molecular weight is 540 g/mol. The summed E-state index contributed by atoms with van der Waals surface area (Å²) in [6.07, 6.45) is 2.71. The van der Waals surface area contributed by atoms with Crippen LogP contribution in [0, 0.1) is 11.3 Å². The molecule has 0 spiro atoms. The third-order valence-electron chi connectivity index (χ3n) is 7.23. The van der Waals surface area contributed by atoms with Crippen LogP contribution in [0.3, 0.4) is 0 Å². The monoisotopic (exact) mass is 540 g/mol. The summed E-state index contributed by atoms with van der Waals surface area (Å²) in [6.45, 7) is 10.0. The van der Waals surface area contributed by atoms with Crippen molar-refractivity contribution in [3.8, 4) is 6.07 Å². The lowest BCUT2D eigenvalue weighted by Crippen LogP contribution is -2.54. The Hall–Kier alpha value is -2.91. The van der Waals surface area contributed by atoms with Crippen molar-refractivity contribution >= 4 is 19.1 Å². The van der Waals surface area contributed by atoms with Crippen LogP contribution < -0.4 is 5.32 Å². The molecule has 2 fully saturated rings. The molecule has 1 aromatic carbocycles. The predicted molar refractivity (Wildman–Crippen MR) is 147 cm³/mol. The topological polar surface area (TPSA) is 135 Å². The van der Waals surface area contributed by atoms with E-state index in [0.29, 0.717) is 26.1 Å². The maximum Gasteiger partial charge on any atom is 0.475 e. The fourth-order valence-corrected chi connectivity index (χ4v) is 5.22.